The van der Waals surface area contributed by atoms with E-state index in [1.54, 1.807) is 0 Å². The van der Waals surface area contributed by atoms with Gasteiger partial charge in [0.2, 0.25) is 0 Å². The van der Waals surface area contributed by atoms with Crippen LogP contribution in [0.25, 0.3) is 0 Å². The summed E-state index contributed by atoms with van der Waals surface area (Å²) in [6.07, 6.45) is 8.30. The van der Waals surface area contributed by atoms with E-state index >= 15 is 0 Å². The van der Waals surface area contributed by atoms with E-state index in [1.807, 2.05) is 0 Å². The van der Waals surface area contributed by atoms with Gasteiger partial charge in [0.05, 0.1) is 0 Å². The Bertz CT molecular complexity index is 243. The predicted octanol–water partition coefficient (Wildman–Crippen LogP) is 3.11. The third-order valence-electron chi connectivity index (χ3n) is 4.78. The van der Waals surface area contributed by atoms with Crippen LogP contribution >= 0.6 is 11.8 Å². The number of rotatable bonds is 6. The summed E-state index contributed by atoms with van der Waals surface area (Å²) in [5.74, 6) is 3.37. The second-order valence-corrected chi connectivity index (χ2v) is 7.65. The lowest BCUT2D eigenvalue weighted by Gasteiger charge is -2.44. The monoisotopic (exact) mass is 270 g/mol. The lowest BCUT2D eigenvalue weighted by molar-refractivity contribution is 0.0630. The average molecular weight is 270 g/mol. The van der Waals surface area contributed by atoms with Crippen LogP contribution in [0.15, 0.2) is 0 Å². The first-order valence-corrected chi connectivity index (χ1v) is 8.88. The van der Waals surface area contributed by atoms with Crippen LogP contribution in [0.4, 0.5) is 0 Å². The molecule has 1 saturated carbocycles. The highest BCUT2D eigenvalue weighted by Crippen LogP contribution is 2.38. The molecule has 0 aromatic rings. The summed E-state index contributed by atoms with van der Waals surface area (Å²) in [7, 11) is 0. The Morgan fingerprint density at radius 1 is 1.33 bits per heavy atom. The zero-order valence-corrected chi connectivity index (χ0v) is 13.0. The molecule has 1 heterocycles. The molecule has 2 rings (SSSR count). The summed E-state index contributed by atoms with van der Waals surface area (Å²) in [6.45, 7) is 6.80. The van der Waals surface area contributed by atoms with Crippen molar-refractivity contribution in [2.24, 2.45) is 11.7 Å². The molecular formula is C15H30N2S. The Labute approximate surface area is 117 Å². The number of nitrogens with two attached hydrogens (primary N) is 1. The summed E-state index contributed by atoms with van der Waals surface area (Å²) >= 11 is 2.11. The first kappa shape index (κ1) is 14.7. The molecule has 0 aromatic heterocycles. The molecule has 1 saturated heterocycles. The summed E-state index contributed by atoms with van der Waals surface area (Å²) in [4.78, 5) is 2.83. The van der Waals surface area contributed by atoms with Crippen molar-refractivity contribution in [2.45, 2.75) is 64.0 Å². The van der Waals surface area contributed by atoms with Gasteiger partial charge in [0.15, 0.2) is 0 Å². The smallest absolute Gasteiger partial charge is 0.0432 e. The van der Waals surface area contributed by atoms with E-state index in [9.17, 15) is 0 Å². The van der Waals surface area contributed by atoms with E-state index in [1.165, 1.54) is 56.6 Å². The minimum atomic E-state index is 0.328. The van der Waals surface area contributed by atoms with E-state index in [2.05, 4.69) is 30.5 Å². The van der Waals surface area contributed by atoms with Gasteiger partial charge in [-0.15, -0.1) is 0 Å². The van der Waals surface area contributed by atoms with Crippen LogP contribution in [0.2, 0.25) is 0 Å². The number of nitrogens with zero attached hydrogens (tertiary/aromatic N) is 1. The molecule has 2 aliphatic rings. The van der Waals surface area contributed by atoms with Gasteiger partial charge in [0, 0.05) is 23.9 Å². The molecule has 1 aliphatic heterocycles. The molecule has 0 radical (unpaired) electrons. The van der Waals surface area contributed by atoms with Crippen molar-refractivity contribution in [3.05, 3.63) is 0 Å². The second-order valence-electron chi connectivity index (χ2n) is 6.55. The number of hydrogen-bond donors (Lipinski definition) is 1. The molecule has 2 N–H and O–H groups in total. The van der Waals surface area contributed by atoms with Crippen molar-refractivity contribution < 1.29 is 0 Å². The zero-order chi connectivity index (χ0) is 13.0. The maximum absolute atomic E-state index is 6.19. The molecular weight excluding hydrogens is 240 g/mol. The van der Waals surface area contributed by atoms with Crippen molar-refractivity contribution in [1.82, 2.24) is 4.90 Å². The van der Waals surface area contributed by atoms with Gasteiger partial charge in [-0.25, -0.2) is 0 Å². The minimum absolute atomic E-state index is 0.328. The highest BCUT2D eigenvalue weighted by molar-refractivity contribution is 7.99. The molecule has 2 fully saturated rings. The summed E-state index contributed by atoms with van der Waals surface area (Å²) < 4.78 is 0. The summed E-state index contributed by atoms with van der Waals surface area (Å²) in [5, 5.41) is 0. The Morgan fingerprint density at radius 2 is 2.06 bits per heavy atom. The van der Waals surface area contributed by atoms with Gasteiger partial charge < -0.3 is 5.73 Å². The predicted molar refractivity (Wildman–Crippen MR) is 82.1 cm³/mol. The zero-order valence-electron chi connectivity index (χ0n) is 12.2. The Balaban J connectivity index is 2.06. The average Bonchev–Trinajstić information content (AvgIpc) is 3.00. The van der Waals surface area contributed by atoms with Crippen molar-refractivity contribution in [3.8, 4) is 0 Å². The minimum Gasteiger partial charge on any atom is -0.329 e. The normalized spacial score (nSPS) is 29.8. The fraction of sp³-hybridized carbons (Fsp3) is 1.00. The van der Waals surface area contributed by atoms with Gasteiger partial charge in [-0.1, -0.05) is 26.7 Å². The third kappa shape index (κ3) is 3.23. The highest BCUT2D eigenvalue weighted by Gasteiger charge is 2.42. The topological polar surface area (TPSA) is 29.3 Å². The summed E-state index contributed by atoms with van der Waals surface area (Å²) in [5.41, 5.74) is 6.52. The first-order chi connectivity index (χ1) is 8.68. The van der Waals surface area contributed by atoms with Gasteiger partial charge in [0.25, 0.3) is 0 Å². The molecule has 106 valence electrons. The van der Waals surface area contributed by atoms with Crippen molar-refractivity contribution in [3.63, 3.8) is 0 Å². The molecule has 18 heavy (non-hydrogen) atoms. The lowest BCUT2D eigenvalue weighted by Crippen LogP contribution is -2.58. The first-order valence-electron chi connectivity index (χ1n) is 7.72. The quantitative estimate of drug-likeness (QED) is 0.804. The van der Waals surface area contributed by atoms with Crippen molar-refractivity contribution >= 4 is 11.8 Å². The molecule has 1 unspecified atom stereocenters. The molecule has 3 heteroatoms. The molecule has 0 spiro atoms. The van der Waals surface area contributed by atoms with Crippen LogP contribution in [0.5, 0.6) is 0 Å². The van der Waals surface area contributed by atoms with E-state index in [0.29, 0.717) is 5.54 Å². The molecule has 2 nitrogen and oxygen atoms in total. The van der Waals surface area contributed by atoms with Gasteiger partial charge in [-0.3, -0.25) is 4.90 Å². The largest absolute Gasteiger partial charge is 0.329 e. The van der Waals surface area contributed by atoms with Crippen molar-refractivity contribution in [1.29, 1.82) is 0 Å². The van der Waals surface area contributed by atoms with E-state index in [4.69, 9.17) is 5.73 Å². The maximum Gasteiger partial charge on any atom is 0.0432 e. The van der Waals surface area contributed by atoms with E-state index < -0.39 is 0 Å². The Morgan fingerprint density at radius 3 is 2.56 bits per heavy atom. The van der Waals surface area contributed by atoms with Gasteiger partial charge in [-0.2, -0.15) is 11.8 Å². The van der Waals surface area contributed by atoms with Crippen molar-refractivity contribution in [2.75, 3.05) is 24.6 Å². The molecule has 0 bridgehead atoms. The van der Waals surface area contributed by atoms with Crippen LogP contribution in [0.3, 0.4) is 0 Å². The Kier molecular flexibility index (Phi) is 5.40. The van der Waals surface area contributed by atoms with E-state index in [0.717, 1.165) is 18.5 Å². The lowest BCUT2D eigenvalue weighted by atomic mass is 9.92. The van der Waals surface area contributed by atoms with Gasteiger partial charge in [0.1, 0.15) is 0 Å². The van der Waals surface area contributed by atoms with Crippen LogP contribution in [-0.4, -0.2) is 41.1 Å². The molecule has 1 aliphatic carbocycles. The third-order valence-corrected chi connectivity index (χ3v) is 6.02. The molecule has 0 aromatic carbocycles. The Hall–Kier alpha value is 0.270. The van der Waals surface area contributed by atoms with Crippen LogP contribution in [0, 0.1) is 5.92 Å². The highest BCUT2D eigenvalue weighted by atomic mass is 32.2. The van der Waals surface area contributed by atoms with Crippen LogP contribution < -0.4 is 5.73 Å². The second kappa shape index (κ2) is 6.62. The fourth-order valence-corrected chi connectivity index (χ4v) is 5.00. The standard InChI is InChI=1S/C15H30N2S/c1-13(2)7-9-17(14-5-3-4-6-14)15(11-16)8-10-18-12-15/h13-14H,3-12,16H2,1-2H3. The van der Waals surface area contributed by atoms with Gasteiger partial charge in [-0.05, 0) is 43.9 Å². The molecule has 0 amide bonds. The fourth-order valence-electron chi connectivity index (χ4n) is 3.52. The molecule has 1 atom stereocenters. The van der Waals surface area contributed by atoms with Gasteiger partial charge >= 0.3 is 0 Å². The summed E-state index contributed by atoms with van der Waals surface area (Å²) in [6, 6.07) is 0.825. The van der Waals surface area contributed by atoms with Crippen LogP contribution in [0.1, 0.15) is 52.4 Å². The SMILES string of the molecule is CC(C)CCN(C1CCCC1)C1(CN)CCSC1. The number of thioether (sulfide) groups is 1. The van der Waals surface area contributed by atoms with Crippen LogP contribution in [-0.2, 0) is 0 Å². The van der Waals surface area contributed by atoms with E-state index in [-0.39, 0.29) is 0 Å². The number of hydrogen-bond acceptors (Lipinski definition) is 3. The maximum atomic E-state index is 6.19.